The Morgan fingerprint density at radius 1 is 0.935 bits per heavy atom. The maximum atomic E-state index is 13.2. The Morgan fingerprint density at radius 3 is 2.29 bits per heavy atom. The average Bonchev–Trinajstić information content (AvgIpc) is 3.25. The molecular weight excluding hydrogens is 432 g/mol. The number of nitrogens with zero attached hydrogens (tertiary/aromatic N) is 2. The van der Waals surface area contributed by atoms with E-state index >= 15 is 0 Å². The molecular formula is C23H24N2O4S2. The molecule has 0 bridgehead atoms. The van der Waals surface area contributed by atoms with E-state index in [1.165, 1.54) is 15.6 Å². The first-order valence-corrected chi connectivity index (χ1v) is 12.3. The maximum absolute atomic E-state index is 13.2. The van der Waals surface area contributed by atoms with E-state index in [1.54, 1.807) is 17.0 Å². The number of para-hydroxylation sites is 1. The highest BCUT2D eigenvalue weighted by molar-refractivity contribution is 7.91. The van der Waals surface area contributed by atoms with E-state index in [-0.39, 0.29) is 25.6 Å². The summed E-state index contributed by atoms with van der Waals surface area (Å²) in [6.07, 6.45) is 0. The van der Waals surface area contributed by atoms with Crippen molar-refractivity contribution < 1.29 is 17.9 Å². The van der Waals surface area contributed by atoms with Gasteiger partial charge in [0.1, 0.15) is 16.6 Å². The average molecular weight is 457 g/mol. The Balaban J connectivity index is 1.42. The minimum Gasteiger partial charge on any atom is -0.489 e. The summed E-state index contributed by atoms with van der Waals surface area (Å²) < 4.78 is 33.3. The number of hydrogen-bond acceptors (Lipinski definition) is 5. The number of carbonyl (C=O) groups excluding carboxylic acids is 1. The van der Waals surface area contributed by atoms with Gasteiger partial charge in [0.25, 0.3) is 15.9 Å². The normalized spacial score (nSPS) is 15.1. The monoisotopic (exact) mass is 456 g/mol. The van der Waals surface area contributed by atoms with E-state index in [0.29, 0.717) is 22.9 Å². The summed E-state index contributed by atoms with van der Waals surface area (Å²) in [5.74, 6) is 0.642. The first-order valence-electron chi connectivity index (χ1n) is 10.1. The molecule has 162 valence electrons. The number of ether oxygens (including phenoxy) is 1. The Hall–Kier alpha value is -2.68. The molecule has 1 amide bonds. The number of benzene rings is 2. The van der Waals surface area contributed by atoms with Gasteiger partial charge in [0.15, 0.2) is 0 Å². The van der Waals surface area contributed by atoms with Gasteiger partial charge in [0.05, 0.1) is 0 Å². The summed E-state index contributed by atoms with van der Waals surface area (Å²) in [5, 5.41) is 0. The van der Waals surface area contributed by atoms with E-state index in [4.69, 9.17) is 4.74 Å². The molecule has 0 spiro atoms. The van der Waals surface area contributed by atoms with Gasteiger partial charge in [-0.25, -0.2) is 8.42 Å². The molecule has 1 aliphatic heterocycles. The Bertz CT molecular complexity index is 1150. The zero-order valence-electron chi connectivity index (χ0n) is 17.2. The van der Waals surface area contributed by atoms with E-state index < -0.39 is 10.0 Å². The third-order valence-corrected chi connectivity index (χ3v) is 8.59. The van der Waals surface area contributed by atoms with Crippen molar-refractivity contribution in [3.63, 3.8) is 0 Å². The van der Waals surface area contributed by atoms with Crippen molar-refractivity contribution in [2.45, 2.75) is 17.7 Å². The van der Waals surface area contributed by atoms with Crippen LogP contribution in [0.2, 0.25) is 0 Å². The van der Waals surface area contributed by atoms with Crippen LogP contribution >= 0.6 is 11.3 Å². The topological polar surface area (TPSA) is 66.9 Å². The molecule has 31 heavy (non-hydrogen) atoms. The second-order valence-corrected chi connectivity index (χ2v) is 10.8. The lowest BCUT2D eigenvalue weighted by Crippen LogP contribution is -2.50. The van der Waals surface area contributed by atoms with Gasteiger partial charge in [0.2, 0.25) is 0 Å². The van der Waals surface area contributed by atoms with Gasteiger partial charge in [-0.3, -0.25) is 4.79 Å². The van der Waals surface area contributed by atoms with Crippen LogP contribution in [0.3, 0.4) is 0 Å². The van der Waals surface area contributed by atoms with E-state index in [0.717, 1.165) is 16.2 Å². The van der Waals surface area contributed by atoms with Crippen molar-refractivity contribution in [3.05, 3.63) is 82.7 Å². The molecule has 4 rings (SSSR count). The number of aryl methyl sites for hydroxylation is 1. The number of piperazine rings is 1. The molecule has 1 aromatic heterocycles. The highest BCUT2D eigenvalue weighted by atomic mass is 32.2. The predicted octanol–water partition coefficient (Wildman–Crippen LogP) is 3.78. The largest absolute Gasteiger partial charge is 0.489 e. The van der Waals surface area contributed by atoms with Crippen LogP contribution in [0.15, 0.2) is 70.9 Å². The Morgan fingerprint density at radius 2 is 1.61 bits per heavy atom. The van der Waals surface area contributed by atoms with Crippen molar-refractivity contribution in [2.75, 3.05) is 26.2 Å². The third kappa shape index (κ3) is 4.81. The van der Waals surface area contributed by atoms with Crippen LogP contribution in [-0.4, -0.2) is 49.7 Å². The molecule has 0 atom stereocenters. The van der Waals surface area contributed by atoms with E-state index in [9.17, 15) is 13.2 Å². The lowest BCUT2D eigenvalue weighted by Gasteiger charge is -2.34. The lowest BCUT2D eigenvalue weighted by atomic mass is 10.1. The van der Waals surface area contributed by atoms with Gasteiger partial charge in [-0.1, -0.05) is 36.4 Å². The number of sulfonamides is 1. The fourth-order valence-corrected chi connectivity index (χ4v) is 6.37. The van der Waals surface area contributed by atoms with E-state index in [2.05, 4.69) is 0 Å². The summed E-state index contributed by atoms with van der Waals surface area (Å²) in [5.41, 5.74) is 1.39. The zero-order valence-corrected chi connectivity index (χ0v) is 18.9. The van der Waals surface area contributed by atoms with Gasteiger partial charge >= 0.3 is 0 Å². The highest BCUT2D eigenvalue weighted by Gasteiger charge is 2.31. The fourth-order valence-electron chi connectivity index (χ4n) is 3.51. The second-order valence-electron chi connectivity index (χ2n) is 7.32. The van der Waals surface area contributed by atoms with Crippen LogP contribution < -0.4 is 4.74 Å². The second kappa shape index (κ2) is 9.21. The lowest BCUT2D eigenvalue weighted by molar-refractivity contribution is 0.0695. The first kappa shape index (κ1) is 21.5. The molecule has 0 N–H and O–H groups in total. The van der Waals surface area contributed by atoms with Crippen molar-refractivity contribution >= 4 is 27.3 Å². The van der Waals surface area contributed by atoms with Gasteiger partial charge < -0.3 is 9.64 Å². The maximum Gasteiger partial charge on any atom is 0.254 e. The van der Waals surface area contributed by atoms with Crippen LogP contribution in [0, 0.1) is 6.92 Å². The van der Waals surface area contributed by atoms with Crippen LogP contribution in [-0.2, 0) is 16.6 Å². The number of carbonyl (C=O) groups is 1. The van der Waals surface area contributed by atoms with Crippen molar-refractivity contribution in [3.8, 4) is 5.75 Å². The van der Waals surface area contributed by atoms with Gasteiger partial charge in [-0.15, -0.1) is 11.3 Å². The molecule has 6 nitrogen and oxygen atoms in total. The minimum atomic E-state index is -3.51. The fraction of sp³-hybridized carbons (Fsp3) is 0.261. The number of thiophene rings is 1. The zero-order chi connectivity index (χ0) is 21.8. The summed E-state index contributed by atoms with van der Waals surface area (Å²) >= 11 is 1.27. The standard InChI is InChI=1S/C23H24N2O4S2/c1-18-11-12-22(30-18)31(27,28)25-15-13-24(14-16-25)23(26)21-10-6-5-7-19(21)17-29-20-8-3-2-4-9-20/h2-12H,13-17H2,1H3. The van der Waals surface area contributed by atoms with Crippen LogP contribution in [0.25, 0.3) is 0 Å². The van der Waals surface area contributed by atoms with Crippen molar-refractivity contribution in [1.29, 1.82) is 0 Å². The molecule has 0 saturated carbocycles. The van der Waals surface area contributed by atoms with Gasteiger partial charge in [-0.05, 0) is 37.3 Å². The molecule has 1 fully saturated rings. The van der Waals surface area contributed by atoms with Crippen LogP contribution in [0.1, 0.15) is 20.8 Å². The first-order chi connectivity index (χ1) is 14.9. The Labute approximate surface area is 186 Å². The van der Waals surface area contributed by atoms with Crippen LogP contribution in [0.5, 0.6) is 5.75 Å². The van der Waals surface area contributed by atoms with Gasteiger partial charge in [-0.2, -0.15) is 4.31 Å². The third-order valence-electron chi connectivity index (χ3n) is 5.22. The summed E-state index contributed by atoms with van der Waals surface area (Å²) in [4.78, 5) is 15.8. The van der Waals surface area contributed by atoms with Gasteiger partial charge in [0, 0.05) is 42.2 Å². The van der Waals surface area contributed by atoms with Crippen molar-refractivity contribution in [1.82, 2.24) is 9.21 Å². The molecule has 1 aliphatic rings. The minimum absolute atomic E-state index is 0.101. The summed E-state index contributed by atoms with van der Waals surface area (Å²) in [6, 6.07) is 20.3. The number of hydrogen-bond donors (Lipinski definition) is 0. The number of amides is 1. The molecule has 0 aliphatic carbocycles. The predicted molar refractivity (Wildman–Crippen MR) is 121 cm³/mol. The van der Waals surface area contributed by atoms with Crippen molar-refractivity contribution in [2.24, 2.45) is 0 Å². The molecule has 0 unspecified atom stereocenters. The molecule has 3 aromatic rings. The smallest absolute Gasteiger partial charge is 0.254 e. The summed E-state index contributed by atoms with van der Waals surface area (Å²) in [7, 11) is -3.51. The highest BCUT2D eigenvalue weighted by Crippen LogP contribution is 2.25. The number of rotatable bonds is 6. The van der Waals surface area contributed by atoms with E-state index in [1.807, 2.05) is 61.5 Å². The summed E-state index contributed by atoms with van der Waals surface area (Å²) in [6.45, 7) is 3.46. The molecule has 1 saturated heterocycles. The SMILES string of the molecule is Cc1ccc(S(=O)(=O)N2CCN(C(=O)c3ccccc3COc3ccccc3)CC2)s1. The molecule has 0 radical (unpaired) electrons. The van der Waals surface area contributed by atoms with Crippen LogP contribution in [0.4, 0.5) is 0 Å². The Kier molecular flexibility index (Phi) is 6.41. The quantitative estimate of drug-likeness (QED) is 0.566. The molecule has 8 heteroatoms. The molecule has 2 aromatic carbocycles. The molecule has 2 heterocycles.